The summed E-state index contributed by atoms with van der Waals surface area (Å²) in [6.45, 7) is 3.98. The van der Waals surface area contributed by atoms with Gasteiger partial charge in [-0.15, -0.1) is 0 Å². The van der Waals surface area contributed by atoms with Crippen molar-refractivity contribution in [3.8, 4) is 11.5 Å². The van der Waals surface area contributed by atoms with Gasteiger partial charge in [-0.25, -0.2) is 4.39 Å². The third-order valence-corrected chi connectivity index (χ3v) is 5.50. The van der Waals surface area contributed by atoms with Crippen LogP contribution in [0.2, 0.25) is 10.0 Å². The maximum absolute atomic E-state index is 13.0. The fourth-order valence-corrected chi connectivity index (χ4v) is 3.94. The largest absolute Gasteiger partial charge is 0.490 e. The van der Waals surface area contributed by atoms with Crippen molar-refractivity contribution in [2.75, 3.05) is 6.61 Å². The number of nitrogens with one attached hydrogen (secondary N) is 1. The molecule has 7 heteroatoms. The Balaban J connectivity index is 1.68. The maximum atomic E-state index is 13.0. The van der Waals surface area contributed by atoms with E-state index in [0.29, 0.717) is 41.2 Å². The van der Waals surface area contributed by atoms with E-state index in [1.54, 1.807) is 24.3 Å². The molecule has 0 saturated carbocycles. The zero-order valence-electron chi connectivity index (χ0n) is 16.4. The van der Waals surface area contributed by atoms with Crippen molar-refractivity contribution in [1.82, 2.24) is 5.32 Å². The highest BCUT2D eigenvalue weighted by Crippen LogP contribution is 2.38. The zero-order chi connectivity index (χ0) is 21.5. The third kappa shape index (κ3) is 6.35. The summed E-state index contributed by atoms with van der Waals surface area (Å²) in [5, 5.41) is 4.49. The first-order valence-electron chi connectivity index (χ1n) is 9.43. The molecule has 3 aromatic rings. The van der Waals surface area contributed by atoms with Crippen molar-refractivity contribution in [2.24, 2.45) is 0 Å². The Morgan fingerprint density at radius 1 is 0.933 bits per heavy atom. The van der Waals surface area contributed by atoms with Crippen LogP contribution in [-0.4, -0.2) is 6.61 Å². The van der Waals surface area contributed by atoms with Crippen LogP contribution in [0.25, 0.3) is 0 Å². The van der Waals surface area contributed by atoms with Gasteiger partial charge in [0.1, 0.15) is 12.4 Å². The second kappa shape index (κ2) is 11.0. The van der Waals surface area contributed by atoms with Gasteiger partial charge in [0, 0.05) is 28.7 Å². The molecule has 0 aromatic heterocycles. The second-order valence-corrected chi connectivity index (χ2v) is 8.29. The lowest BCUT2D eigenvalue weighted by Gasteiger charge is -2.16. The molecule has 0 atom stereocenters. The normalized spacial score (nSPS) is 10.8. The van der Waals surface area contributed by atoms with Gasteiger partial charge in [-0.1, -0.05) is 41.4 Å². The van der Waals surface area contributed by atoms with Crippen molar-refractivity contribution in [2.45, 2.75) is 26.6 Å². The number of ether oxygens (including phenoxy) is 2. The average molecular weight is 513 g/mol. The number of rotatable bonds is 9. The summed E-state index contributed by atoms with van der Waals surface area (Å²) >= 11 is 15.8. The summed E-state index contributed by atoms with van der Waals surface area (Å²) in [6.07, 6.45) is 0. The van der Waals surface area contributed by atoms with Crippen LogP contribution in [0, 0.1) is 5.82 Å². The van der Waals surface area contributed by atoms with Gasteiger partial charge in [0.25, 0.3) is 0 Å². The molecule has 1 N–H and O–H groups in total. The van der Waals surface area contributed by atoms with Crippen LogP contribution in [-0.2, 0) is 19.7 Å². The third-order valence-electron chi connectivity index (χ3n) is 4.33. The zero-order valence-corrected chi connectivity index (χ0v) is 19.5. The topological polar surface area (TPSA) is 30.5 Å². The van der Waals surface area contributed by atoms with Gasteiger partial charge < -0.3 is 14.8 Å². The predicted molar refractivity (Wildman–Crippen MR) is 123 cm³/mol. The molecule has 0 aliphatic rings. The smallest absolute Gasteiger partial charge is 0.175 e. The Hall–Kier alpha value is -1.79. The lowest BCUT2D eigenvalue weighted by atomic mass is 10.1. The molecule has 0 aliphatic carbocycles. The standard InChI is InChI=1S/C23H21BrCl2FNO2/c1-2-29-22-10-16(13-28-12-15-3-7-19(27)8-4-15)9-20(24)23(22)30-14-17-5-6-18(25)11-21(17)26/h3-11,28H,2,12-14H2,1H3. The second-order valence-electron chi connectivity index (χ2n) is 6.59. The van der Waals surface area contributed by atoms with E-state index in [1.807, 2.05) is 25.1 Å². The molecule has 3 nitrogen and oxygen atoms in total. The van der Waals surface area contributed by atoms with Crippen molar-refractivity contribution < 1.29 is 13.9 Å². The summed E-state index contributed by atoms with van der Waals surface area (Å²) in [7, 11) is 0. The Kier molecular flexibility index (Phi) is 8.40. The molecule has 0 amide bonds. The van der Waals surface area contributed by atoms with Gasteiger partial charge in [0.15, 0.2) is 11.5 Å². The minimum atomic E-state index is -0.237. The van der Waals surface area contributed by atoms with Gasteiger partial charge in [-0.2, -0.15) is 0 Å². The van der Waals surface area contributed by atoms with Gasteiger partial charge in [-0.3, -0.25) is 0 Å². The minimum Gasteiger partial charge on any atom is -0.490 e. The average Bonchev–Trinajstić information content (AvgIpc) is 2.70. The molecule has 0 heterocycles. The molecule has 0 saturated heterocycles. The first-order chi connectivity index (χ1) is 14.5. The van der Waals surface area contributed by atoms with Gasteiger partial charge in [-0.05, 0) is 70.4 Å². The highest BCUT2D eigenvalue weighted by molar-refractivity contribution is 9.10. The van der Waals surface area contributed by atoms with Crippen LogP contribution in [0.5, 0.6) is 11.5 Å². The van der Waals surface area contributed by atoms with E-state index in [0.717, 1.165) is 21.2 Å². The predicted octanol–water partition coefficient (Wildman–Crippen LogP) is 7.16. The molecule has 0 aliphatic heterocycles. The van der Waals surface area contributed by atoms with Crippen molar-refractivity contribution in [3.05, 3.63) is 91.6 Å². The Morgan fingerprint density at radius 3 is 2.37 bits per heavy atom. The molecule has 158 valence electrons. The van der Waals surface area contributed by atoms with E-state index >= 15 is 0 Å². The Labute approximate surface area is 194 Å². The maximum Gasteiger partial charge on any atom is 0.175 e. The van der Waals surface area contributed by atoms with E-state index in [-0.39, 0.29) is 12.4 Å². The highest BCUT2D eigenvalue weighted by atomic mass is 79.9. The molecule has 0 fully saturated rings. The Morgan fingerprint density at radius 2 is 1.67 bits per heavy atom. The van der Waals surface area contributed by atoms with E-state index in [1.165, 1.54) is 12.1 Å². The lowest BCUT2D eigenvalue weighted by Crippen LogP contribution is -2.13. The summed E-state index contributed by atoms with van der Waals surface area (Å²) in [5.41, 5.74) is 2.88. The molecule has 30 heavy (non-hydrogen) atoms. The summed E-state index contributed by atoms with van der Waals surface area (Å²) in [5.74, 6) is 1.03. The van der Waals surface area contributed by atoms with Crippen molar-refractivity contribution in [1.29, 1.82) is 0 Å². The number of benzene rings is 3. The van der Waals surface area contributed by atoms with E-state index in [4.69, 9.17) is 32.7 Å². The number of hydrogen-bond donors (Lipinski definition) is 1. The molecular formula is C23H21BrCl2FNO2. The van der Waals surface area contributed by atoms with Crippen LogP contribution in [0.4, 0.5) is 4.39 Å². The SMILES string of the molecule is CCOc1cc(CNCc2ccc(F)cc2)cc(Br)c1OCc1ccc(Cl)cc1Cl. The van der Waals surface area contributed by atoms with Crippen LogP contribution in [0.3, 0.4) is 0 Å². The molecule has 3 aromatic carbocycles. The fraction of sp³-hybridized carbons (Fsp3) is 0.217. The van der Waals surface area contributed by atoms with Crippen LogP contribution in [0.1, 0.15) is 23.6 Å². The van der Waals surface area contributed by atoms with E-state index < -0.39 is 0 Å². The number of hydrogen-bond acceptors (Lipinski definition) is 3. The molecule has 0 bridgehead atoms. The van der Waals surface area contributed by atoms with Crippen molar-refractivity contribution >= 4 is 39.1 Å². The van der Waals surface area contributed by atoms with Gasteiger partial charge in [0.2, 0.25) is 0 Å². The van der Waals surface area contributed by atoms with Crippen molar-refractivity contribution in [3.63, 3.8) is 0 Å². The monoisotopic (exact) mass is 511 g/mol. The highest BCUT2D eigenvalue weighted by Gasteiger charge is 2.13. The quantitative estimate of drug-likeness (QED) is 0.330. The van der Waals surface area contributed by atoms with Gasteiger partial charge in [0.05, 0.1) is 11.1 Å². The first kappa shape index (κ1) is 22.9. The van der Waals surface area contributed by atoms with Crippen LogP contribution < -0.4 is 14.8 Å². The summed E-state index contributed by atoms with van der Waals surface area (Å²) in [4.78, 5) is 0. The first-order valence-corrected chi connectivity index (χ1v) is 11.0. The van der Waals surface area contributed by atoms with Crippen LogP contribution >= 0.6 is 39.1 Å². The van der Waals surface area contributed by atoms with Gasteiger partial charge >= 0.3 is 0 Å². The lowest BCUT2D eigenvalue weighted by molar-refractivity contribution is 0.267. The molecule has 0 radical (unpaired) electrons. The van der Waals surface area contributed by atoms with Crippen LogP contribution in [0.15, 0.2) is 59.1 Å². The minimum absolute atomic E-state index is 0.237. The Bertz CT molecular complexity index is 999. The fourth-order valence-electron chi connectivity index (χ4n) is 2.87. The summed E-state index contributed by atoms with van der Waals surface area (Å²) < 4.78 is 25.6. The molecule has 3 rings (SSSR count). The molecule has 0 spiro atoms. The number of halogens is 4. The van der Waals surface area contributed by atoms with E-state index in [9.17, 15) is 4.39 Å². The molecule has 0 unspecified atom stereocenters. The van der Waals surface area contributed by atoms with E-state index in [2.05, 4.69) is 21.2 Å². The molecular weight excluding hydrogens is 492 g/mol. The summed E-state index contributed by atoms with van der Waals surface area (Å²) in [6, 6.07) is 15.7.